The third kappa shape index (κ3) is 5.45. The summed E-state index contributed by atoms with van der Waals surface area (Å²) in [5, 5.41) is 3.44. The fourth-order valence-electron chi connectivity index (χ4n) is 3.53. The van der Waals surface area contributed by atoms with E-state index in [0.717, 1.165) is 50.7 Å². The lowest BCUT2D eigenvalue weighted by Gasteiger charge is -2.27. The number of benzene rings is 1. The van der Waals surface area contributed by atoms with Crippen LogP contribution in [-0.2, 0) is 16.3 Å². The zero-order valence-electron chi connectivity index (χ0n) is 16.4. The van der Waals surface area contributed by atoms with Crippen molar-refractivity contribution in [2.45, 2.75) is 37.6 Å². The van der Waals surface area contributed by atoms with Crippen LogP contribution >= 0.6 is 0 Å². The third-order valence-corrected chi connectivity index (χ3v) is 6.18. The van der Waals surface area contributed by atoms with Gasteiger partial charge in [-0.25, -0.2) is 8.42 Å². The van der Waals surface area contributed by atoms with Gasteiger partial charge in [-0.2, -0.15) is 0 Å². The van der Waals surface area contributed by atoms with E-state index < -0.39 is 9.84 Å². The highest BCUT2D eigenvalue weighted by Crippen LogP contribution is 2.15. The molecule has 1 fully saturated rings. The Morgan fingerprint density at radius 1 is 1.27 bits per heavy atom. The number of rotatable bonds is 7. The van der Waals surface area contributed by atoms with Crippen molar-refractivity contribution in [3.8, 4) is 0 Å². The number of likely N-dealkylation sites (tertiary alicyclic amines) is 1. The van der Waals surface area contributed by atoms with Crippen molar-refractivity contribution in [1.82, 2.24) is 15.1 Å². The second-order valence-corrected chi connectivity index (χ2v) is 8.77. The third-order valence-electron chi connectivity index (χ3n) is 5.05. The monoisotopic (exact) mass is 380 g/mol. The number of nitrogens with one attached hydrogen (secondary N) is 1. The van der Waals surface area contributed by atoms with Gasteiger partial charge >= 0.3 is 0 Å². The first kappa shape index (κ1) is 20.7. The quantitative estimate of drug-likeness (QED) is 0.575. The maximum atomic E-state index is 11.5. The van der Waals surface area contributed by atoms with Crippen LogP contribution in [0.3, 0.4) is 0 Å². The first-order chi connectivity index (χ1) is 12.4. The van der Waals surface area contributed by atoms with Gasteiger partial charge in [-0.15, -0.1) is 0 Å². The van der Waals surface area contributed by atoms with Gasteiger partial charge in [-0.05, 0) is 43.6 Å². The predicted octanol–water partition coefficient (Wildman–Crippen LogP) is 1.62. The Hall–Kier alpha value is -1.60. The Bertz CT molecular complexity index is 697. The molecule has 1 aromatic rings. The second-order valence-electron chi connectivity index (χ2n) is 6.75. The van der Waals surface area contributed by atoms with Gasteiger partial charge in [0.15, 0.2) is 15.8 Å². The molecule has 1 unspecified atom stereocenters. The summed E-state index contributed by atoms with van der Waals surface area (Å²) in [5.41, 5.74) is 1.11. The van der Waals surface area contributed by atoms with Crippen LogP contribution in [-0.4, -0.2) is 76.2 Å². The Balaban J connectivity index is 1.84. The number of aliphatic imine (C=N–C) groups is 1. The van der Waals surface area contributed by atoms with Gasteiger partial charge < -0.3 is 10.2 Å². The lowest BCUT2D eigenvalue weighted by molar-refractivity contribution is 0.223. The maximum absolute atomic E-state index is 11.5. The smallest absolute Gasteiger partial charge is 0.193 e. The van der Waals surface area contributed by atoms with Crippen LogP contribution in [0.25, 0.3) is 0 Å². The minimum Gasteiger partial charge on any atom is -0.356 e. The molecule has 0 aromatic heterocycles. The Kier molecular flexibility index (Phi) is 7.46. The van der Waals surface area contributed by atoms with Crippen LogP contribution in [0.15, 0.2) is 34.2 Å². The fourth-order valence-corrected chi connectivity index (χ4v) is 4.16. The van der Waals surface area contributed by atoms with Crippen molar-refractivity contribution in [1.29, 1.82) is 0 Å². The highest BCUT2D eigenvalue weighted by Gasteiger charge is 2.27. The molecule has 0 radical (unpaired) electrons. The topological polar surface area (TPSA) is 65.0 Å². The summed E-state index contributed by atoms with van der Waals surface area (Å²) in [7, 11) is -1.30. The van der Waals surface area contributed by atoms with Crippen molar-refractivity contribution in [3.63, 3.8) is 0 Å². The highest BCUT2D eigenvalue weighted by molar-refractivity contribution is 7.90. The minimum absolute atomic E-state index is 0.365. The zero-order valence-corrected chi connectivity index (χ0v) is 17.2. The van der Waals surface area contributed by atoms with Gasteiger partial charge in [0, 0.05) is 39.0 Å². The van der Waals surface area contributed by atoms with Crippen LogP contribution in [0.1, 0.15) is 25.8 Å². The number of hydrogen-bond donors (Lipinski definition) is 1. The summed E-state index contributed by atoms with van der Waals surface area (Å²) in [6, 6.07) is 7.72. The van der Waals surface area contributed by atoms with Gasteiger partial charge in [0.25, 0.3) is 0 Å². The van der Waals surface area contributed by atoms with Crippen molar-refractivity contribution in [3.05, 3.63) is 29.8 Å². The van der Waals surface area contributed by atoms with E-state index in [0.29, 0.717) is 10.9 Å². The molecule has 1 aliphatic rings. The Morgan fingerprint density at radius 2 is 1.92 bits per heavy atom. The molecule has 1 heterocycles. The summed E-state index contributed by atoms with van der Waals surface area (Å²) in [6.07, 6.45) is 3.24. The predicted molar refractivity (Wildman–Crippen MR) is 108 cm³/mol. The van der Waals surface area contributed by atoms with E-state index in [9.17, 15) is 8.42 Å². The average molecular weight is 381 g/mol. The van der Waals surface area contributed by atoms with Crippen LogP contribution in [0.4, 0.5) is 0 Å². The van der Waals surface area contributed by atoms with E-state index in [1.807, 2.05) is 19.2 Å². The molecule has 1 atom stereocenters. The van der Waals surface area contributed by atoms with Crippen LogP contribution < -0.4 is 5.32 Å². The number of guanidine groups is 1. The molecule has 26 heavy (non-hydrogen) atoms. The molecule has 0 saturated carbocycles. The minimum atomic E-state index is -3.13. The number of likely N-dealkylation sites (N-methyl/N-ethyl adjacent to an activating group) is 1. The summed E-state index contributed by atoms with van der Waals surface area (Å²) in [5.74, 6) is 0.951. The van der Waals surface area contributed by atoms with Crippen molar-refractivity contribution in [2.24, 2.45) is 4.99 Å². The standard InChI is InChI=1S/C19H32N4O2S/c1-5-22(6-2)17-12-14-23(15-17)19(20-3)21-13-11-16-7-9-18(10-8-16)26(4,24)25/h7-10,17H,5-6,11-15H2,1-4H3,(H,20,21). The molecule has 6 nitrogen and oxygen atoms in total. The van der Waals surface area contributed by atoms with E-state index in [2.05, 4.69) is 34.0 Å². The Morgan fingerprint density at radius 3 is 2.46 bits per heavy atom. The van der Waals surface area contributed by atoms with E-state index in [4.69, 9.17) is 0 Å². The average Bonchev–Trinajstić information content (AvgIpc) is 3.09. The van der Waals surface area contributed by atoms with Gasteiger partial charge in [-0.3, -0.25) is 9.89 Å². The lowest BCUT2D eigenvalue weighted by atomic mass is 10.1. The summed E-state index contributed by atoms with van der Waals surface area (Å²) >= 11 is 0. The van der Waals surface area contributed by atoms with Gasteiger partial charge in [0.2, 0.25) is 0 Å². The largest absolute Gasteiger partial charge is 0.356 e. The molecule has 1 aliphatic heterocycles. The Labute approximate surface area is 158 Å². The lowest BCUT2D eigenvalue weighted by Crippen LogP contribution is -2.43. The molecule has 0 amide bonds. The molecule has 7 heteroatoms. The number of sulfone groups is 1. The molecule has 1 saturated heterocycles. The van der Waals surface area contributed by atoms with Gasteiger partial charge in [0.1, 0.15) is 0 Å². The first-order valence-corrected chi connectivity index (χ1v) is 11.3. The molecular formula is C19H32N4O2S. The van der Waals surface area contributed by atoms with Crippen LogP contribution in [0.5, 0.6) is 0 Å². The summed E-state index contributed by atoms with van der Waals surface area (Å²) < 4.78 is 23.0. The molecule has 2 rings (SSSR count). The van der Waals surface area contributed by atoms with Gasteiger partial charge in [-0.1, -0.05) is 26.0 Å². The second kappa shape index (κ2) is 9.37. The zero-order chi connectivity index (χ0) is 19.2. The van der Waals surface area contributed by atoms with Crippen molar-refractivity contribution in [2.75, 3.05) is 46.0 Å². The first-order valence-electron chi connectivity index (χ1n) is 9.37. The normalized spacial score (nSPS) is 18.6. The molecule has 1 aromatic carbocycles. The van der Waals surface area contributed by atoms with Crippen molar-refractivity contribution < 1.29 is 8.42 Å². The van der Waals surface area contributed by atoms with E-state index in [1.54, 1.807) is 12.1 Å². The molecule has 0 aliphatic carbocycles. The molecule has 0 bridgehead atoms. The van der Waals surface area contributed by atoms with E-state index >= 15 is 0 Å². The molecule has 0 spiro atoms. The maximum Gasteiger partial charge on any atom is 0.193 e. The highest BCUT2D eigenvalue weighted by atomic mass is 32.2. The summed E-state index contributed by atoms with van der Waals surface area (Å²) in [6.45, 7) is 9.43. The molecule has 146 valence electrons. The summed E-state index contributed by atoms with van der Waals surface area (Å²) in [4.78, 5) is 9.63. The number of hydrogen-bond acceptors (Lipinski definition) is 4. The SMILES string of the molecule is CCN(CC)C1CCN(C(=NC)NCCc2ccc(S(C)(=O)=O)cc2)C1. The van der Waals surface area contributed by atoms with Crippen LogP contribution in [0.2, 0.25) is 0 Å². The van der Waals surface area contributed by atoms with E-state index in [1.165, 1.54) is 12.7 Å². The van der Waals surface area contributed by atoms with Crippen LogP contribution in [0, 0.1) is 0 Å². The molecular weight excluding hydrogens is 348 g/mol. The number of nitrogens with zero attached hydrogens (tertiary/aromatic N) is 3. The van der Waals surface area contributed by atoms with E-state index in [-0.39, 0.29) is 0 Å². The molecule has 1 N–H and O–H groups in total. The fraction of sp³-hybridized carbons (Fsp3) is 0.632. The van der Waals surface area contributed by atoms with Gasteiger partial charge in [0.05, 0.1) is 4.90 Å². The van der Waals surface area contributed by atoms with Crippen molar-refractivity contribution >= 4 is 15.8 Å².